The van der Waals surface area contributed by atoms with E-state index in [1.807, 2.05) is 24.4 Å². The lowest BCUT2D eigenvalue weighted by Gasteiger charge is -2.12. The van der Waals surface area contributed by atoms with Crippen LogP contribution in [0.3, 0.4) is 0 Å². The first kappa shape index (κ1) is 12.1. The standard InChI is InChI=1S/C10H14N2OS2/c1-7(5-9(11)14)12-10(13)6-8-3-2-4-15-8/h2-4,7H,5-6H2,1H3,(H2,11,14)(H,12,13). The summed E-state index contributed by atoms with van der Waals surface area (Å²) < 4.78 is 0. The molecule has 0 aromatic carbocycles. The Labute approximate surface area is 98.7 Å². The van der Waals surface area contributed by atoms with Crippen molar-refractivity contribution in [3.63, 3.8) is 0 Å². The zero-order valence-corrected chi connectivity index (χ0v) is 10.2. The van der Waals surface area contributed by atoms with Gasteiger partial charge in [0.2, 0.25) is 5.91 Å². The molecular weight excluding hydrogens is 228 g/mol. The summed E-state index contributed by atoms with van der Waals surface area (Å²) in [4.78, 5) is 13.0. The first-order chi connectivity index (χ1) is 7.08. The smallest absolute Gasteiger partial charge is 0.225 e. The van der Waals surface area contributed by atoms with Crippen molar-refractivity contribution in [1.29, 1.82) is 0 Å². The van der Waals surface area contributed by atoms with Gasteiger partial charge in [-0.25, -0.2) is 0 Å². The van der Waals surface area contributed by atoms with Crippen molar-refractivity contribution in [2.24, 2.45) is 5.73 Å². The predicted octanol–water partition coefficient (Wildman–Crippen LogP) is 1.47. The molecule has 0 saturated heterocycles. The quantitative estimate of drug-likeness (QED) is 0.769. The van der Waals surface area contributed by atoms with Crippen molar-refractivity contribution >= 4 is 34.5 Å². The summed E-state index contributed by atoms with van der Waals surface area (Å²) >= 11 is 6.35. The SMILES string of the molecule is CC(CC(N)=S)NC(=O)Cc1cccs1. The maximum Gasteiger partial charge on any atom is 0.225 e. The summed E-state index contributed by atoms with van der Waals surface area (Å²) in [6.07, 6.45) is 0.977. The number of amides is 1. The first-order valence-corrected chi connectivity index (χ1v) is 5.96. The van der Waals surface area contributed by atoms with Crippen LogP contribution in [-0.4, -0.2) is 16.9 Å². The third kappa shape index (κ3) is 4.90. The highest BCUT2D eigenvalue weighted by atomic mass is 32.1. The fourth-order valence-electron chi connectivity index (χ4n) is 1.25. The zero-order chi connectivity index (χ0) is 11.3. The van der Waals surface area contributed by atoms with E-state index in [1.165, 1.54) is 0 Å². The highest BCUT2D eigenvalue weighted by Gasteiger charge is 2.09. The lowest BCUT2D eigenvalue weighted by molar-refractivity contribution is -0.120. The van der Waals surface area contributed by atoms with E-state index in [4.69, 9.17) is 18.0 Å². The summed E-state index contributed by atoms with van der Waals surface area (Å²) in [5.74, 6) is 0.0150. The van der Waals surface area contributed by atoms with Gasteiger partial charge in [0.1, 0.15) is 0 Å². The Bertz CT molecular complexity index is 335. The van der Waals surface area contributed by atoms with Crippen molar-refractivity contribution in [2.75, 3.05) is 0 Å². The van der Waals surface area contributed by atoms with Crippen LogP contribution in [0.5, 0.6) is 0 Å². The Morgan fingerprint density at radius 2 is 2.47 bits per heavy atom. The summed E-state index contributed by atoms with van der Waals surface area (Å²) in [6, 6.07) is 3.89. The van der Waals surface area contributed by atoms with Crippen molar-refractivity contribution in [3.05, 3.63) is 22.4 Å². The zero-order valence-electron chi connectivity index (χ0n) is 8.53. The minimum Gasteiger partial charge on any atom is -0.393 e. The fourth-order valence-corrected chi connectivity index (χ4v) is 2.20. The Kier molecular flexibility index (Phi) is 4.71. The van der Waals surface area contributed by atoms with Gasteiger partial charge in [-0.3, -0.25) is 4.79 Å². The van der Waals surface area contributed by atoms with Gasteiger partial charge in [0, 0.05) is 17.3 Å². The maximum atomic E-state index is 11.5. The molecule has 0 aliphatic heterocycles. The second kappa shape index (κ2) is 5.82. The fraction of sp³-hybridized carbons (Fsp3) is 0.400. The van der Waals surface area contributed by atoms with Crippen molar-refractivity contribution in [2.45, 2.75) is 25.8 Å². The van der Waals surface area contributed by atoms with Crippen molar-refractivity contribution in [1.82, 2.24) is 5.32 Å². The topological polar surface area (TPSA) is 55.1 Å². The molecule has 15 heavy (non-hydrogen) atoms. The van der Waals surface area contributed by atoms with Gasteiger partial charge in [-0.05, 0) is 18.4 Å². The van der Waals surface area contributed by atoms with Gasteiger partial charge in [0.05, 0.1) is 11.4 Å². The van der Waals surface area contributed by atoms with E-state index in [0.29, 0.717) is 17.8 Å². The van der Waals surface area contributed by atoms with Crippen LogP contribution in [0.15, 0.2) is 17.5 Å². The van der Waals surface area contributed by atoms with Gasteiger partial charge in [-0.1, -0.05) is 18.3 Å². The van der Waals surface area contributed by atoms with Crippen LogP contribution in [0.25, 0.3) is 0 Å². The van der Waals surface area contributed by atoms with Crippen molar-refractivity contribution < 1.29 is 4.79 Å². The Morgan fingerprint density at radius 3 is 3.00 bits per heavy atom. The molecule has 0 aliphatic rings. The van der Waals surface area contributed by atoms with E-state index in [2.05, 4.69) is 5.32 Å². The number of thiophene rings is 1. The lowest BCUT2D eigenvalue weighted by atomic mass is 10.2. The summed E-state index contributed by atoms with van der Waals surface area (Å²) in [6.45, 7) is 1.89. The highest BCUT2D eigenvalue weighted by molar-refractivity contribution is 7.80. The van der Waals surface area contributed by atoms with Gasteiger partial charge >= 0.3 is 0 Å². The molecule has 3 N–H and O–H groups in total. The van der Waals surface area contributed by atoms with E-state index < -0.39 is 0 Å². The molecule has 1 atom stereocenters. The third-order valence-electron chi connectivity index (χ3n) is 1.83. The molecule has 1 aromatic heterocycles. The van der Waals surface area contributed by atoms with E-state index in [-0.39, 0.29) is 11.9 Å². The number of carbonyl (C=O) groups is 1. The largest absolute Gasteiger partial charge is 0.393 e. The minimum absolute atomic E-state index is 0.00922. The predicted molar refractivity (Wildman–Crippen MR) is 67.0 cm³/mol. The molecule has 1 amide bonds. The minimum atomic E-state index is 0.00922. The maximum absolute atomic E-state index is 11.5. The molecule has 1 heterocycles. The molecule has 3 nitrogen and oxygen atoms in total. The molecule has 1 aromatic rings. The molecule has 82 valence electrons. The average Bonchev–Trinajstić information content (AvgIpc) is 2.53. The van der Waals surface area contributed by atoms with Gasteiger partial charge in [0.15, 0.2) is 0 Å². The third-order valence-corrected chi connectivity index (χ3v) is 2.87. The number of rotatable bonds is 5. The van der Waals surface area contributed by atoms with Crippen LogP contribution in [0.1, 0.15) is 18.2 Å². The number of hydrogen-bond acceptors (Lipinski definition) is 3. The van der Waals surface area contributed by atoms with Gasteiger partial charge in [0.25, 0.3) is 0 Å². The van der Waals surface area contributed by atoms with Gasteiger partial charge < -0.3 is 11.1 Å². The molecule has 0 bridgehead atoms. The lowest BCUT2D eigenvalue weighted by Crippen LogP contribution is -2.36. The molecule has 1 rings (SSSR count). The van der Waals surface area contributed by atoms with Crippen LogP contribution >= 0.6 is 23.6 Å². The van der Waals surface area contributed by atoms with Gasteiger partial charge in [-0.15, -0.1) is 11.3 Å². The number of nitrogens with two attached hydrogens (primary N) is 1. The van der Waals surface area contributed by atoms with Crippen LogP contribution in [0, 0.1) is 0 Å². The Balaban J connectivity index is 2.33. The second-order valence-corrected chi connectivity index (χ2v) is 4.95. The van der Waals surface area contributed by atoms with E-state index in [0.717, 1.165) is 4.88 Å². The molecule has 1 unspecified atom stereocenters. The molecule has 0 saturated carbocycles. The first-order valence-electron chi connectivity index (χ1n) is 4.68. The van der Waals surface area contributed by atoms with Gasteiger partial charge in [-0.2, -0.15) is 0 Å². The molecule has 0 fully saturated rings. The second-order valence-electron chi connectivity index (χ2n) is 3.40. The number of carbonyl (C=O) groups excluding carboxylic acids is 1. The van der Waals surface area contributed by atoms with E-state index in [1.54, 1.807) is 11.3 Å². The van der Waals surface area contributed by atoms with E-state index >= 15 is 0 Å². The molecule has 5 heteroatoms. The summed E-state index contributed by atoms with van der Waals surface area (Å²) in [5, 5.41) is 4.81. The summed E-state index contributed by atoms with van der Waals surface area (Å²) in [5.41, 5.74) is 5.39. The van der Waals surface area contributed by atoms with Crippen LogP contribution in [0.2, 0.25) is 0 Å². The van der Waals surface area contributed by atoms with Crippen LogP contribution in [-0.2, 0) is 11.2 Å². The molecular formula is C10H14N2OS2. The normalized spacial score (nSPS) is 12.1. The summed E-state index contributed by atoms with van der Waals surface area (Å²) in [7, 11) is 0. The van der Waals surface area contributed by atoms with Crippen LogP contribution < -0.4 is 11.1 Å². The van der Waals surface area contributed by atoms with E-state index in [9.17, 15) is 4.79 Å². The highest BCUT2D eigenvalue weighted by Crippen LogP contribution is 2.08. The van der Waals surface area contributed by atoms with Crippen LogP contribution in [0.4, 0.5) is 0 Å². The number of thiocarbonyl (C=S) groups is 1. The van der Waals surface area contributed by atoms with Crippen molar-refractivity contribution in [3.8, 4) is 0 Å². The number of hydrogen-bond donors (Lipinski definition) is 2. The monoisotopic (exact) mass is 242 g/mol. The molecule has 0 aliphatic carbocycles. The number of nitrogens with one attached hydrogen (secondary N) is 1. The Hall–Kier alpha value is -0.940. The average molecular weight is 242 g/mol. The molecule has 0 spiro atoms. The molecule has 0 radical (unpaired) electrons. The Morgan fingerprint density at radius 1 is 1.73 bits per heavy atom.